The van der Waals surface area contributed by atoms with Crippen LogP contribution in [0.5, 0.6) is 0 Å². The topological polar surface area (TPSA) is 0 Å². The number of hydrogen-bond donors (Lipinski definition) is 0. The van der Waals surface area contributed by atoms with Crippen LogP contribution in [0.15, 0.2) is 30.8 Å². The average molecular weight is 176 g/mol. The second kappa shape index (κ2) is 3.35. The van der Waals surface area contributed by atoms with Gasteiger partial charge in [-0.25, -0.2) is 0 Å². The van der Waals surface area contributed by atoms with Gasteiger partial charge in [0.1, 0.15) is 5.70 Å². The van der Waals surface area contributed by atoms with Gasteiger partial charge in [-0.2, -0.15) is 0 Å². The van der Waals surface area contributed by atoms with Crippen molar-refractivity contribution in [1.82, 2.24) is 0 Å². The van der Waals surface area contributed by atoms with E-state index in [1.807, 2.05) is 0 Å². The smallest absolute Gasteiger partial charge is 0.132 e. The molecule has 0 atom stereocenters. The third kappa shape index (κ3) is 2.43. The van der Waals surface area contributed by atoms with Gasteiger partial charge in [0.2, 0.25) is 0 Å². The van der Waals surface area contributed by atoms with E-state index in [0.29, 0.717) is 0 Å². The molecule has 1 aromatic rings. The van der Waals surface area contributed by atoms with E-state index >= 15 is 0 Å². The summed E-state index contributed by atoms with van der Waals surface area (Å²) in [6, 6.07) is 8.49. The predicted octanol–water partition coefficient (Wildman–Crippen LogP) is 2.67. The van der Waals surface area contributed by atoms with Gasteiger partial charge in [0.15, 0.2) is 0 Å². The summed E-state index contributed by atoms with van der Waals surface area (Å²) in [5.41, 5.74) is 3.65. The summed E-state index contributed by atoms with van der Waals surface area (Å²) in [4.78, 5) is 0. The molecule has 1 aromatic carbocycles. The molecule has 0 aliphatic rings. The molecule has 0 unspecified atom stereocenters. The van der Waals surface area contributed by atoms with Gasteiger partial charge in [0, 0.05) is 5.56 Å². The quantitative estimate of drug-likeness (QED) is 0.608. The SMILES string of the molecule is C=C(c1ccc(C)cc1)[N+](C)(C)C. The summed E-state index contributed by atoms with van der Waals surface area (Å²) in [6.07, 6.45) is 0. The summed E-state index contributed by atoms with van der Waals surface area (Å²) >= 11 is 0. The van der Waals surface area contributed by atoms with E-state index in [9.17, 15) is 0 Å². The van der Waals surface area contributed by atoms with Crippen molar-refractivity contribution in [3.8, 4) is 0 Å². The molecule has 0 heterocycles. The van der Waals surface area contributed by atoms with Crippen LogP contribution in [0.4, 0.5) is 0 Å². The van der Waals surface area contributed by atoms with Gasteiger partial charge >= 0.3 is 0 Å². The summed E-state index contributed by atoms with van der Waals surface area (Å²) < 4.78 is 0.781. The zero-order valence-corrected chi connectivity index (χ0v) is 8.96. The first-order chi connectivity index (χ1) is 5.91. The number of aryl methyl sites for hydroxylation is 1. The molecular weight excluding hydrogens is 158 g/mol. The van der Waals surface area contributed by atoms with Crippen LogP contribution in [0, 0.1) is 6.92 Å². The molecule has 0 radical (unpaired) electrons. The van der Waals surface area contributed by atoms with Gasteiger partial charge in [0.25, 0.3) is 0 Å². The Morgan fingerprint density at radius 1 is 1.08 bits per heavy atom. The molecule has 13 heavy (non-hydrogen) atoms. The van der Waals surface area contributed by atoms with Crippen molar-refractivity contribution in [3.63, 3.8) is 0 Å². The van der Waals surface area contributed by atoms with Gasteiger partial charge in [-0.3, -0.25) is 4.48 Å². The van der Waals surface area contributed by atoms with E-state index in [-0.39, 0.29) is 0 Å². The number of nitrogens with zero attached hydrogens (tertiary/aromatic N) is 1. The maximum atomic E-state index is 4.10. The molecule has 0 aromatic heterocycles. The molecule has 0 amide bonds. The van der Waals surface area contributed by atoms with E-state index in [1.165, 1.54) is 11.1 Å². The van der Waals surface area contributed by atoms with Crippen LogP contribution in [0.25, 0.3) is 5.70 Å². The second-order valence-corrected chi connectivity index (χ2v) is 4.33. The van der Waals surface area contributed by atoms with E-state index in [0.717, 1.165) is 10.2 Å². The Labute approximate surface area is 80.9 Å². The zero-order valence-electron chi connectivity index (χ0n) is 8.96. The van der Waals surface area contributed by atoms with Crippen molar-refractivity contribution in [3.05, 3.63) is 42.0 Å². The summed E-state index contributed by atoms with van der Waals surface area (Å²) in [5, 5.41) is 0. The van der Waals surface area contributed by atoms with Gasteiger partial charge in [-0.05, 0) is 25.6 Å². The highest BCUT2D eigenvalue weighted by molar-refractivity contribution is 5.57. The van der Waals surface area contributed by atoms with Crippen molar-refractivity contribution < 1.29 is 4.48 Å². The van der Waals surface area contributed by atoms with Crippen LogP contribution in [-0.4, -0.2) is 25.6 Å². The first kappa shape index (κ1) is 10.0. The first-order valence-electron chi connectivity index (χ1n) is 4.49. The van der Waals surface area contributed by atoms with Crippen molar-refractivity contribution >= 4 is 5.70 Å². The summed E-state index contributed by atoms with van der Waals surface area (Å²) in [5.74, 6) is 0. The Kier molecular flexibility index (Phi) is 2.58. The molecule has 0 fully saturated rings. The van der Waals surface area contributed by atoms with Gasteiger partial charge in [-0.15, -0.1) is 0 Å². The summed E-state index contributed by atoms with van der Waals surface area (Å²) in [6.45, 7) is 6.19. The Morgan fingerprint density at radius 3 is 1.92 bits per heavy atom. The van der Waals surface area contributed by atoms with E-state index in [2.05, 4.69) is 58.9 Å². The van der Waals surface area contributed by atoms with E-state index < -0.39 is 0 Å². The highest BCUT2D eigenvalue weighted by Crippen LogP contribution is 2.19. The minimum atomic E-state index is 0.781. The van der Waals surface area contributed by atoms with Crippen LogP contribution >= 0.6 is 0 Å². The number of quaternary nitrogens is 1. The van der Waals surface area contributed by atoms with Crippen molar-refractivity contribution in [2.75, 3.05) is 21.1 Å². The molecule has 0 saturated heterocycles. The number of hydrogen-bond acceptors (Lipinski definition) is 0. The number of rotatable bonds is 2. The molecule has 0 spiro atoms. The Hall–Kier alpha value is -1.08. The third-order valence-corrected chi connectivity index (χ3v) is 2.19. The molecule has 0 aliphatic carbocycles. The van der Waals surface area contributed by atoms with Gasteiger partial charge in [-0.1, -0.05) is 17.7 Å². The molecular formula is C12H18N+. The first-order valence-corrected chi connectivity index (χ1v) is 4.49. The van der Waals surface area contributed by atoms with Crippen molar-refractivity contribution in [2.45, 2.75) is 6.92 Å². The molecule has 0 aliphatic heterocycles. The lowest BCUT2D eigenvalue weighted by Gasteiger charge is -2.25. The predicted molar refractivity (Wildman–Crippen MR) is 58.2 cm³/mol. The minimum Gasteiger partial charge on any atom is -0.298 e. The Bertz CT molecular complexity index is 301. The zero-order chi connectivity index (χ0) is 10.1. The largest absolute Gasteiger partial charge is 0.298 e. The number of benzene rings is 1. The second-order valence-electron chi connectivity index (χ2n) is 4.33. The maximum Gasteiger partial charge on any atom is 0.132 e. The van der Waals surface area contributed by atoms with Crippen LogP contribution in [0.3, 0.4) is 0 Å². The van der Waals surface area contributed by atoms with E-state index in [1.54, 1.807) is 0 Å². The normalized spacial score (nSPS) is 11.4. The molecule has 1 rings (SSSR count). The lowest BCUT2D eigenvalue weighted by molar-refractivity contribution is -0.795. The fraction of sp³-hybridized carbons (Fsp3) is 0.333. The Balaban J connectivity index is 2.97. The monoisotopic (exact) mass is 176 g/mol. The van der Waals surface area contributed by atoms with Crippen molar-refractivity contribution in [2.24, 2.45) is 0 Å². The van der Waals surface area contributed by atoms with Crippen LogP contribution < -0.4 is 0 Å². The van der Waals surface area contributed by atoms with Gasteiger partial charge in [0.05, 0.1) is 21.1 Å². The molecule has 0 saturated carbocycles. The van der Waals surface area contributed by atoms with E-state index in [4.69, 9.17) is 0 Å². The van der Waals surface area contributed by atoms with Crippen LogP contribution in [-0.2, 0) is 0 Å². The molecule has 70 valence electrons. The maximum absolute atomic E-state index is 4.10. The molecule has 1 nitrogen and oxygen atoms in total. The van der Waals surface area contributed by atoms with Crippen molar-refractivity contribution in [1.29, 1.82) is 0 Å². The lowest BCUT2D eigenvalue weighted by atomic mass is 10.1. The fourth-order valence-corrected chi connectivity index (χ4v) is 1.13. The van der Waals surface area contributed by atoms with Crippen LogP contribution in [0.2, 0.25) is 0 Å². The standard InChI is InChI=1S/C12H18N/c1-10-6-8-12(9-7-10)11(2)13(3,4)5/h6-9H,2H2,1,3-5H3/q+1. The summed E-state index contributed by atoms with van der Waals surface area (Å²) in [7, 11) is 6.38. The fourth-order valence-electron chi connectivity index (χ4n) is 1.13. The van der Waals surface area contributed by atoms with Gasteiger partial charge < -0.3 is 0 Å². The highest BCUT2D eigenvalue weighted by Gasteiger charge is 2.14. The Morgan fingerprint density at radius 2 is 1.54 bits per heavy atom. The third-order valence-electron chi connectivity index (χ3n) is 2.19. The highest BCUT2D eigenvalue weighted by atomic mass is 15.3. The minimum absolute atomic E-state index is 0.781. The molecule has 1 heteroatoms. The van der Waals surface area contributed by atoms with Crippen LogP contribution in [0.1, 0.15) is 11.1 Å². The average Bonchev–Trinajstić information content (AvgIpc) is 2.03. The molecule has 0 bridgehead atoms. The lowest BCUT2D eigenvalue weighted by Crippen LogP contribution is -2.31. The molecule has 0 N–H and O–H groups in total.